The highest BCUT2D eigenvalue weighted by molar-refractivity contribution is 5.88. The molecule has 0 saturated heterocycles. The molecule has 0 atom stereocenters. The molecule has 0 amide bonds. The fourth-order valence-electron chi connectivity index (χ4n) is 3.10. The third-order valence-corrected chi connectivity index (χ3v) is 4.36. The van der Waals surface area contributed by atoms with Crippen LogP contribution in [0.5, 0.6) is 0 Å². The molecule has 0 N–H and O–H groups in total. The molecule has 0 saturated carbocycles. The predicted octanol–water partition coefficient (Wildman–Crippen LogP) is 5.87. The van der Waals surface area contributed by atoms with Crippen molar-refractivity contribution in [2.24, 2.45) is 5.92 Å². The van der Waals surface area contributed by atoms with Gasteiger partial charge in [0, 0.05) is 17.3 Å². The van der Waals surface area contributed by atoms with E-state index in [0.29, 0.717) is 29.0 Å². The van der Waals surface area contributed by atoms with E-state index in [1.807, 2.05) is 41.8 Å². The molecular weight excluding hydrogens is 311 g/mol. The fourth-order valence-corrected chi connectivity index (χ4v) is 3.10. The Morgan fingerprint density at radius 3 is 2.48 bits per heavy atom. The van der Waals surface area contributed by atoms with Gasteiger partial charge in [0.15, 0.2) is 0 Å². The molecule has 0 bridgehead atoms. The molecule has 2 aromatic carbocycles. The average Bonchev–Trinajstić information content (AvgIpc) is 2.92. The number of benzene rings is 2. The lowest BCUT2D eigenvalue weighted by molar-refractivity contribution is 0.575. The van der Waals surface area contributed by atoms with Crippen molar-refractivity contribution in [3.05, 3.63) is 71.7 Å². The third-order valence-electron chi connectivity index (χ3n) is 4.36. The Balaban J connectivity index is 2.18. The molecule has 0 radical (unpaired) electrons. The lowest BCUT2D eigenvalue weighted by Crippen LogP contribution is -1.99. The summed E-state index contributed by atoms with van der Waals surface area (Å²) in [6.45, 7) is 10.0. The fraction of sp³-hybridized carbons (Fsp3) is 0.227. The summed E-state index contributed by atoms with van der Waals surface area (Å²) in [6.07, 6.45) is 2.43. The van der Waals surface area contributed by atoms with Crippen LogP contribution in [0.4, 0.5) is 4.39 Å². The number of rotatable bonds is 4. The Labute approximate surface area is 147 Å². The normalized spacial score (nSPS) is 11.0. The molecular formula is C22H21FN2. The van der Waals surface area contributed by atoms with Crippen LogP contribution >= 0.6 is 0 Å². The van der Waals surface area contributed by atoms with Crippen LogP contribution in [0, 0.1) is 23.1 Å². The maximum absolute atomic E-state index is 14.6. The van der Waals surface area contributed by atoms with E-state index in [9.17, 15) is 9.65 Å². The van der Waals surface area contributed by atoms with Crippen LogP contribution < -0.4 is 0 Å². The van der Waals surface area contributed by atoms with Crippen LogP contribution in [0.1, 0.15) is 37.5 Å². The van der Waals surface area contributed by atoms with Crippen molar-refractivity contribution in [2.75, 3.05) is 0 Å². The Hall–Kier alpha value is -2.86. The van der Waals surface area contributed by atoms with E-state index < -0.39 is 0 Å². The Bertz CT molecular complexity index is 986. The van der Waals surface area contributed by atoms with Crippen LogP contribution in [0.2, 0.25) is 0 Å². The molecule has 3 heteroatoms. The van der Waals surface area contributed by atoms with Gasteiger partial charge in [-0.25, -0.2) is 4.39 Å². The number of aromatic nitrogens is 1. The van der Waals surface area contributed by atoms with Crippen molar-refractivity contribution in [1.29, 1.82) is 5.26 Å². The zero-order valence-corrected chi connectivity index (χ0v) is 14.8. The quantitative estimate of drug-likeness (QED) is 0.587. The summed E-state index contributed by atoms with van der Waals surface area (Å²) in [5.74, 6) is 0.137. The first-order chi connectivity index (χ1) is 11.9. The second kappa shape index (κ2) is 6.57. The van der Waals surface area contributed by atoms with Crippen molar-refractivity contribution < 1.29 is 4.39 Å². The Kier molecular flexibility index (Phi) is 4.46. The number of fused-ring (bicyclic) bond motifs is 1. The maximum atomic E-state index is 14.6. The van der Waals surface area contributed by atoms with Gasteiger partial charge in [0.25, 0.3) is 0 Å². The van der Waals surface area contributed by atoms with Gasteiger partial charge in [0.2, 0.25) is 0 Å². The van der Waals surface area contributed by atoms with E-state index in [2.05, 4.69) is 26.5 Å². The number of hydrogen-bond donors (Lipinski definition) is 0. The van der Waals surface area contributed by atoms with Gasteiger partial charge >= 0.3 is 0 Å². The van der Waals surface area contributed by atoms with Crippen molar-refractivity contribution in [2.45, 2.75) is 27.2 Å². The smallest absolute Gasteiger partial charge is 0.128 e. The lowest BCUT2D eigenvalue weighted by atomic mass is 10.00. The molecule has 0 aliphatic carbocycles. The molecule has 0 fully saturated rings. The molecule has 0 aliphatic heterocycles. The largest absolute Gasteiger partial charge is 0.315 e. The number of hydrogen-bond acceptors (Lipinski definition) is 1. The number of nitrogens with zero attached hydrogens (tertiary/aromatic N) is 2. The minimum atomic E-state index is -0.219. The number of nitriles is 1. The highest BCUT2D eigenvalue weighted by atomic mass is 19.1. The van der Waals surface area contributed by atoms with Crippen molar-refractivity contribution in [1.82, 2.24) is 4.57 Å². The van der Waals surface area contributed by atoms with Gasteiger partial charge in [-0.15, -0.1) is 0 Å². The van der Waals surface area contributed by atoms with Crippen molar-refractivity contribution in [3.63, 3.8) is 0 Å². The molecule has 0 spiro atoms. The summed E-state index contributed by atoms with van der Waals surface area (Å²) < 4.78 is 16.4. The SMILES string of the molecule is C=C(C)c1ccc(-n2cc(C#N)c3cc(CC(C)C)c(F)cc32)cc1. The summed E-state index contributed by atoms with van der Waals surface area (Å²) in [5, 5.41) is 10.3. The molecule has 0 unspecified atom stereocenters. The topological polar surface area (TPSA) is 28.7 Å². The van der Waals surface area contributed by atoms with Gasteiger partial charge in [-0.2, -0.15) is 5.26 Å². The molecule has 3 aromatic rings. The summed E-state index contributed by atoms with van der Waals surface area (Å²) >= 11 is 0. The second-order valence-corrected chi connectivity index (χ2v) is 6.91. The van der Waals surface area contributed by atoms with Crippen LogP contribution in [0.25, 0.3) is 22.2 Å². The molecule has 0 aliphatic rings. The summed E-state index contributed by atoms with van der Waals surface area (Å²) in [4.78, 5) is 0. The molecule has 126 valence electrons. The van der Waals surface area contributed by atoms with Crippen LogP contribution in [-0.4, -0.2) is 4.57 Å². The molecule has 1 aromatic heterocycles. The molecule has 25 heavy (non-hydrogen) atoms. The van der Waals surface area contributed by atoms with E-state index in [-0.39, 0.29) is 5.82 Å². The minimum absolute atomic E-state index is 0.219. The van der Waals surface area contributed by atoms with E-state index in [0.717, 1.165) is 22.2 Å². The zero-order chi connectivity index (χ0) is 18.1. The second-order valence-electron chi connectivity index (χ2n) is 6.91. The van der Waals surface area contributed by atoms with E-state index in [1.165, 1.54) is 0 Å². The highest BCUT2D eigenvalue weighted by Crippen LogP contribution is 2.29. The lowest BCUT2D eigenvalue weighted by Gasteiger charge is -2.10. The average molecular weight is 332 g/mol. The summed E-state index contributed by atoms with van der Waals surface area (Å²) in [7, 11) is 0. The van der Waals surface area contributed by atoms with Gasteiger partial charge < -0.3 is 4.57 Å². The van der Waals surface area contributed by atoms with Crippen molar-refractivity contribution in [3.8, 4) is 11.8 Å². The predicted molar refractivity (Wildman–Crippen MR) is 101 cm³/mol. The minimum Gasteiger partial charge on any atom is -0.315 e. The highest BCUT2D eigenvalue weighted by Gasteiger charge is 2.14. The summed E-state index contributed by atoms with van der Waals surface area (Å²) in [6, 6.07) is 13.5. The number of allylic oxidation sites excluding steroid dienone is 1. The van der Waals surface area contributed by atoms with Crippen LogP contribution in [0.3, 0.4) is 0 Å². The number of halogens is 1. The first-order valence-corrected chi connectivity index (χ1v) is 8.40. The van der Waals surface area contributed by atoms with Gasteiger partial charge in [0.1, 0.15) is 11.9 Å². The standard InChI is InChI=1S/C22H21FN2/c1-14(2)9-17-10-20-18(12-24)13-25(22(20)11-21(17)23)19-7-5-16(6-8-19)15(3)4/h5-8,10-11,13-14H,3,9H2,1-2,4H3. The third kappa shape index (κ3) is 3.21. The van der Waals surface area contributed by atoms with Crippen LogP contribution in [-0.2, 0) is 6.42 Å². The van der Waals surface area contributed by atoms with Gasteiger partial charge in [-0.1, -0.05) is 38.1 Å². The summed E-state index contributed by atoms with van der Waals surface area (Å²) in [5.41, 5.74) is 4.88. The monoisotopic (exact) mass is 332 g/mol. The van der Waals surface area contributed by atoms with Crippen molar-refractivity contribution >= 4 is 16.5 Å². The molecule has 3 rings (SSSR count). The van der Waals surface area contributed by atoms with Gasteiger partial charge in [0.05, 0.1) is 11.1 Å². The Morgan fingerprint density at radius 1 is 1.24 bits per heavy atom. The first-order valence-electron chi connectivity index (χ1n) is 8.40. The van der Waals surface area contributed by atoms with E-state index >= 15 is 0 Å². The van der Waals surface area contributed by atoms with Gasteiger partial charge in [-0.05, 0) is 54.7 Å². The van der Waals surface area contributed by atoms with E-state index in [4.69, 9.17) is 0 Å². The first kappa shape index (κ1) is 17.0. The van der Waals surface area contributed by atoms with E-state index in [1.54, 1.807) is 12.3 Å². The molecule has 2 nitrogen and oxygen atoms in total. The van der Waals surface area contributed by atoms with Gasteiger partial charge in [-0.3, -0.25) is 0 Å². The van der Waals surface area contributed by atoms with Crippen LogP contribution in [0.15, 0.2) is 49.2 Å². The Morgan fingerprint density at radius 2 is 1.92 bits per heavy atom. The zero-order valence-electron chi connectivity index (χ0n) is 14.8. The maximum Gasteiger partial charge on any atom is 0.128 e. The molecule has 1 heterocycles.